The molecule has 3 aromatic carbocycles. The summed E-state index contributed by atoms with van der Waals surface area (Å²) in [6.45, 7) is 1.90. The van der Waals surface area contributed by atoms with Crippen molar-refractivity contribution in [3.05, 3.63) is 95.1 Å². The molecule has 5 rings (SSSR count). The summed E-state index contributed by atoms with van der Waals surface area (Å²) in [7, 11) is 4.78. The van der Waals surface area contributed by atoms with Crippen LogP contribution in [-0.4, -0.2) is 32.9 Å². The van der Waals surface area contributed by atoms with E-state index in [1.165, 1.54) is 18.2 Å². The number of methoxy groups -OCH3 is 3. The van der Waals surface area contributed by atoms with Crippen molar-refractivity contribution in [2.24, 2.45) is 11.0 Å². The first-order chi connectivity index (χ1) is 18.0. The molecule has 3 atom stereocenters. The topological polar surface area (TPSA) is 81.2 Å². The molecule has 37 heavy (non-hydrogen) atoms. The second-order valence-corrected chi connectivity index (χ2v) is 9.26. The summed E-state index contributed by atoms with van der Waals surface area (Å²) < 4.78 is 15.9. The number of hydrogen-bond acceptors (Lipinski definition) is 6. The summed E-state index contributed by atoms with van der Waals surface area (Å²) >= 11 is 0. The fourth-order valence-electron chi connectivity index (χ4n) is 5.20. The van der Waals surface area contributed by atoms with Crippen LogP contribution in [0.3, 0.4) is 0 Å². The van der Waals surface area contributed by atoms with Gasteiger partial charge in [0.2, 0.25) is 0 Å². The Hall–Kier alpha value is -4.26. The standard InChI is InChI=1S/C30H31N3O4/c1-18(32-33-30(34)21-11-15-27(36-3)28(17-21)37-4)20-10-14-26-25(16-20)23-6-5-7-24(23)29(31-26)19-8-12-22(35-2)13-9-19/h5-6,8-17,23-24,29,31H,7H2,1-4H3,(H,33,34)/b32-18-/t23-,24+,29+/m1/s1. The highest BCUT2D eigenvalue weighted by Crippen LogP contribution is 2.50. The number of carbonyl (C=O) groups excluding carboxylic acids is 1. The van der Waals surface area contributed by atoms with Gasteiger partial charge in [0, 0.05) is 17.2 Å². The molecule has 2 aliphatic rings. The van der Waals surface area contributed by atoms with Crippen molar-refractivity contribution in [1.82, 2.24) is 5.43 Å². The maximum absolute atomic E-state index is 12.7. The van der Waals surface area contributed by atoms with Crippen molar-refractivity contribution in [1.29, 1.82) is 0 Å². The first-order valence-electron chi connectivity index (χ1n) is 12.3. The number of hydrogen-bond donors (Lipinski definition) is 2. The Balaban J connectivity index is 1.35. The number of carbonyl (C=O) groups is 1. The molecule has 190 valence electrons. The molecule has 1 aliphatic carbocycles. The van der Waals surface area contributed by atoms with E-state index in [-0.39, 0.29) is 11.9 Å². The Morgan fingerprint density at radius 2 is 1.68 bits per heavy atom. The van der Waals surface area contributed by atoms with Gasteiger partial charge in [-0.1, -0.05) is 30.4 Å². The molecule has 1 aliphatic heterocycles. The number of allylic oxidation sites excluding steroid dienone is 2. The van der Waals surface area contributed by atoms with Crippen LogP contribution in [0.25, 0.3) is 0 Å². The van der Waals surface area contributed by atoms with Crippen LogP contribution >= 0.6 is 0 Å². The van der Waals surface area contributed by atoms with Gasteiger partial charge in [0.25, 0.3) is 5.91 Å². The normalized spacial score (nSPS) is 19.9. The number of nitrogens with zero attached hydrogens (tertiary/aromatic N) is 1. The van der Waals surface area contributed by atoms with E-state index in [9.17, 15) is 4.79 Å². The van der Waals surface area contributed by atoms with Gasteiger partial charge < -0.3 is 19.5 Å². The number of ether oxygens (including phenoxy) is 3. The van der Waals surface area contributed by atoms with Crippen LogP contribution in [-0.2, 0) is 0 Å². The molecule has 0 saturated heterocycles. The lowest BCUT2D eigenvalue weighted by atomic mass is 9.76. The van der Waals surface area contributed by atoms with Crippen molar-refractivity contribution in [2.75, 3.05) is 26.6 Å². The summed E-state index contributed by atoms with van der Waals surface area (Å²) in [4.78, 5) is 12.7. The van der Waals surface area contributed by atoms with Crippen LogP contribution in [0, 0.1) is 5.92 Å². The van der Waals surface area contributed by atoms with E-state index in [4.69, 9.17) is 14.2 Å². The van der Waals surface area contributed by atoms with E-state index in [1.807, 2.05) is 25.1 Å². The number of benzene rings is 3. The molecule has 0 saturated carbocycles. The molecule has 2 N–H and O–H groups in total. The van der Waals surface area contributed by atoms with Gasteiger partial charge in [-0.3, -0.25) is 4.79 Å². The Bertz CT molecular complexity index is 1360. The van der Waals surface area contributed by atoms with E-state index in [0.717, 1.165) is 29.1 Å². The maximum atomic E-state index is 12.7. The average Bonchev–Trinajstić information content (AvgIpc) is 3.45. The first kappa shape index (κ1) is 24.4. The van der Waals surface area contributed by atoms with Crippen molar-refractivity contribution in [2.45, 2.75) is 25.3 Å². The summed E-state index contributed by atoms with van der Waals surface area (Å²) in [6.07, 6.45) is 5.61. The minimum atomic E-state index is -0.318. The fourth-order valence-corrected chi connectivity index (χ4v) is 5.20. The lowest BCUT2D eigenvalue weighted by Gasteiger charge is -2.37. The second-order valence-electron chi connectivity index (χ2n) is 9.26. The Kier molecular flexibility index (Phi) is 6.86. The molecular formula is C30H31N3O4. The molecule has 0 fully saturated rings. The maximum Gasteiger partial charge on any atom is 0.271 e. The van der Waals surface area contributed by atoms with Gasteiger partial charge >= 0.3 is 0 Å². The van der Waals surface area contributed by atoms with Crippen LogP contribution in [0.2, 0.25) is 0 Å². The van der Waals surface area contributed by atoms with Crippen LogP contribution in [0.1, 0.15) is 52.4 Å². The third kappa shape index (κ3) is 4.77. The van der Waals surface area contributed by atoms with Gasteiger partial charge in [-0.2, -0.15) is 5.10 Å². The van der Waals surface area contributed by atoms with Gasteiger partial charge in [0.1, 0.15) is 5.75 Å². The Labute approximate surface area is 217 Å². The molecule has 7 heteroatoms. The van der Waals surface area contributed by atoms with Crippen LogP contribution in [0.15, 0.2) is 77.9 Å². The van der Waals surface area contributed by atoms with Crippen LogP contribution < -0.4 is 25.0 Å². The van der Waals surface area contributed by atoms with Gasteiger partial charge in [-0.05, 0) is 78.4 Å². The van der Waals surface area contributed by atoms with Crippen LogP contribution in [0.5, 0.6) is 17.2 Å². The smallest absolute Gasteiger partial charge is 0.271 e. The third-order valence-electron chi connectivity index (χ3n) is 7.23. The number of hydrazone groups is 1. The Morgan fingerprint density at radius 3 is 2.41 bits per heavy atom. The monoisotopic (exact) mass is 497 g/mol. The molecule has 0 unspecified atom stereocenters. The van der Waals surface area contributed by atoms with Crippen molar-refractivity contribution < 1.29 is 19.0 Å². The summed E-state index contributed by atoms with van der Waals surface area (Å²) in [6, 6.07) is 19.9. The van der Waals surface area contributed by atoms with Crippen molar-refractivity contribution in [3.63, 3.8) is 0 Å². The average molecular weight is 498 g/mol. The lowest BCUT2D eigenvalue weighted by Crippen LogP contribution is -2.29. The predicted octanol–water partition coefficient (Wildman–Crippen LogP) is 5.69. The van der Waals surface area contributed by atoms with E-state index in [2.05, 4.69) is 52.3 Å². The number of fused-ring (bicyclic) bond motifs is 3. The molecular weight excluding hydrogens is 466 g/mol. The molecule has 0 radical (unpaired) electrons. The number of anilines is 1. The zero-order valence-corrected chi connectivity index (χ0v) is 21.4. The zero-order valence-electron chi connectivity index (χ0n) is 21.4. The minimum absolute atomic E-state index is 0.222. The zero-order chi connectivity index (χ0) is 25.9. The molecule has 0 spiro atoms. The third-order valence-corrected chi connectivity index (χ3v) is 7.23. The number of rotatable bonds is 7. The van der Waals surface area contributed by atoms with Gasteiger partial charge in [-0.25, -0.2) is 5.43 Å². The van der Waals surface area contributed by atoms with Crippen LogP contribution in [0.4, 0.5) is 5.69 Å². The van der Waals surface area contributed by atoms with E-state index in [0.29, 0.717) is 28.9 Å². The van der Waals surface area contributed by atoms with Gasteiger partial charge in [-0.15, -0.1) is 0 Å². The molecule has 7 nitrogen and oxygen atoms in total. The summed E-state index contributed by atoms with van der Waals surface area (Å²) in [5.74, 6) is 2.34. The molecule has 1 heterocycles. The fraction of sp³-hybridized carbons (Fsp3) is 0.267. The summed E-state index contributed by atoms with van der Waals surface area (Å²) in [5, 5.41) is 8.14. The summed E-state index contributed by atoms with van der Waals surface area (Å²) in [5.41, 5.74) is 8.43. The van der Waals surface area contributed by atoms with Crippen molar-refractivity contribution in [3.8, 4) is 17.2 Å². The highest BCUT2D eigenvalue weighted by atomic mass is 16.5. The van der Waals surface area contributed by atoms with E-state index in [1.54, 1.807) is 32.4 Å². The SMILES string of the molecule is COc1ccc([C@@H]2Nc3ccc(/C(C)=N\NC(=O)c4ccc(OC)c(OC)c4)cc3[C@@H]3C=CC[C@@H]32)cc1. The van der Waals surface area contributed by atoms with E-state index >= 15 is 0 Å². The number of nitrogens with one attached hydrogen (secondary N) is 2. The van der Waals surface area contributed by atoms with Crippen molar-refractivity contribution >= 4 is 17.3 Å². The van der Waals surface area contributed by atoms with Gasteiger partial charge in [0.05, 0.1) is 33.1 Å². The molecule has 3 aromatic rings. The minimum Gasteiger partial charge on any atom is -0.497 e. The highest BCUT2D eigenvalue weighted by molar-refractivity contribution is 6.01. The largest absolute Gasteiger partial charge is 0.497 e. The molecule has 0 aromatic heterocycles. The molecule has 1 amide bonds. The van der Waals surface area contributed by atoms with E-state index < -0.39 is 0 Å². The number of amides is 1. The van der Waals surface area contributed by atoms with Gasteiger partial charge in [0.15, 0.2) is 11.5 Å². The quantitative estimate of drug-likeness (QED) is 0.249. The molecule has 0 bridgehead atoms. The first-order valence-corrected chi connectivity index (χ1v) is 12.3. The predicted molar refractivity (Wildman–Crippen MR) is 145 cm³/mol. The lowest BCUT2D eigenvalue weighted by molar-refractivity contribution is 0.0954. The Morgan fingerprint density at radius 1 is 0.919 bits per heavy atom. The second kappa shape index (κ2) is 10.4. The highest BCUT2D eigenvalue weighted by Gasteiger charge is 2.38.